The molecule has 1 atom stereocenters. The Morgan fingerprint density at radius 1 is 1.14 bits per heavy atom. The van der Waals surface area contributed by atoms with E-state index in [0.717, 1.165) is 36.8 Å². The van der Waals surface area contributed by atoms with Gasteiger partial charge in [-0.3, -0.25) is 4.79 Å². The first-order valence-corrected chi connectivity index (χ1v) is 9.44. The van der Waals surface area contributed by atoms with E-state index in [2.05, 4.69) is 0 Å². The van der Waals surface area contributed by atoms with E-state index < -0.39 is 12.1 Å². The highest BCUT2D eigenvalue weighted by Crippen LogP contribution is 2.30. The molecule has 2 aromatic rings. The molecule has 1 amide bonds. The number of benzene rings is 2. The number of fused-ring (bicyclic) bond motifs is 1. The van der Waals surface area contributed by atoms with Crippen LogP contribution < -0.4 is 4.90 Å². The zero-order valence-electron chi connectivity index (χ0n) is 15.4. The number of hydrogen-bond acceptors (Lipinski definition) is 5. The van der Waals surface area contributed by atoms with Crippen molar-refractivity contribution in [3.05, 3.63) is 58.7 Å². The summed E-state index contributed by atoms with van der Waals surface area (Å²) >= 11 is 0. The van der Waals surface area contributed by atoms with Crippen molar-refractivity contribution in [2.75, 3.05) is 11.4 Å². The minimum atomic E-state index is -0.876. The van der Waals surface area contributed by atoms with Crippen LogP contribution in [-0.2, 0) is 22.4 Å². The van der Waals surface area contributed by atoms with Gasteiger partial charge in [0.25, 0.3) is 5.91 Å². The first-order chi connectivity index (χ1) is 13.6. The van der Waals surface area contributed by atoms with Crippen molar-refractivity contribution in [3.63, 3.8) is 0 Å². The molecule has 1 aliphatic carbocycles. The fourth-order valence-electron chi connectivity index (χ4n) is 3.86. The van der Waals surface area contributed by atoms with Gasteiger partial charge in [-0.05, 0) is 73.2 Å². The number of aromatic hydroxyl groups is 1. The predicted molar refractivity (Wildman–Crippen MR) is 102 cm³/mol. The number of nitriles is 1. The Bertz CT molecular complexity index is 975. The summed E-state index contributed by atoms with van der Waals surface area (Å²) in [5.41, 5.74) is 3.43. The average molecular weight is 376 g/mol. The second kappa shape index (κ2) is 7.35. The molecule has 0 spiro atoms. The van der Waals surface area contributed by atoms with Crippen molar-refractivity contribution < 1.29 is 19.4 Å². The number of nitrogens with zero attached hydrogens (tertiary/aromatic N) is 2. The molecular formula is C22H20N2O4. The smallest absolute Gasteiger partial charge is 0.342 e. The summed E-state index contributed by atoms with van der Waals surface area (Å²) in [6.07, 6.45) is 3.43. The maximum Gasteiger partial charge on any atom is 0.342 e. The van der Waals surface area contributed by atoms with Crippen molar-refractivity contribution in [3.8, 4) is 11.8 Å². The lowest BCUT2D eigenvalue weighted by Crippen LogP contribution is -2.32. The van der Waals surface area contributed by atoms with Crippen LogP contribution in [0.2, 0.25) is 0 Å². The quantitative estimate of drug-likeness (QED) is 0.831. The average Bonchev–Trinajstić information content (AvgIpc) is 3.07. The van der Waals surface area contributed by atoms with Gasteiger partial charge in [0, 0.05) is 18.7 Å². The summed E-state index contributed by atoms with van der Waals surface area (Å²) in [4.78, 5) is 26.8. The summed E-state index contributed by atoms with van der Waals surface area (Å²) in [5.74, 6) is -1.07. The number of hydrogen-bond donors (Lipinski definition) is 1. The lowest BCUT2D eigenvalue weighted by Gasteiger charge is -2.19. The Labute approximate surface area is 163 Å². The molecule has 28 heavy (non-hydrogen) atoms. The first kappa shape index (κ1) is 18.1. The maximum absolute atomic E-state index is 12.7. The number of anilines is 1. The van der Waals surface area contributed by atoms with Crippen molar-refractivity contribution in [2.24, 2.45) is 0 Å². The van der Waals surface area contributed by atoms with Gasteiger partial charge in [-0.1, -0.05) is 0 Å². The number of carbonyl (C=O) groups is 2. The zero-order chi connectivity index (χ0) is 19.7. The van der Waals surface area contributed by atoms with Crippen LogP contribution in [0.15, 0.2) is 36.4 Å². The normalized spacial score (nSPS) is 18.5. The molecule has 6 heteroatoms. The van der Waals surface area contributed by atoms with E-state index in [1.165, 1.54) is 0 Å². The van der Waals surface area contributed by atoms with Crippen LogP contribution in [0.4, 0.5) is 5.69 Å². The van der Waals surface area contributed by atoms with Crippen LogP contribution in [0.25, 0.3) is 0 Å². The molecule has 0 saturated carbocycles. The highest BCUT2D eigenvalue weighted by atomic mass is 16.5. The molecule has 142 valence electrons. The van der Waals surface area contributed by atoms with E-state index >= 15 is 0 Å². The van der Waals surface area contributed by atoms with Gasteiger partial charge in [-0.15, -0.1) is 0 Å². The number of aryl methyl sites for hydroxylation is 2. The van der Waals surface area contributed by atoms with E-state index in [0.29, 0.717) is 24.2 Å². The lowest BCUT2D eigenvalue weighted by molar-refractivity contribution is -0.124. The summed E-state index contributed by atoms with van der Waals surface area (Å²) < 4.78 is 5.44. The Morgan fingerprint density at radius 3 is 2.50 bits per heavy atom. The Hall–Kier alpha value is -3.33. The van der Waals surface area contributed by atoms with Gasteiger partial charge in [-0.25, -0.2) is 4.79 Å². The number of carbonyl (C=O) groups excluding carboxylic acids is 2. The number of phenols is 1. The molecule has 1 saturated heterocycles. The molecule has 0 bridgehead atoms. The van der Waals surface area contributed by atoms with Gasteiger partial charge >= 0.3 is 5.97 Å². The van der Waals surface area contributed by atoms with Crippen molar-refractivity contribution >= 4 is 17.6 Å². The summed E-state index contributed by atoms with van der Waals surface area (Å²) in [6.45, 7) is 0.429. The third-order valence-electron chi connectivity index (χ3n) is 5.39. The summed E-state index contributed by atoms with van der Waals surface area (Å²) in [7, 11) is 0. The second-order valence-corrected chi connectivity index (χ2v) is 7.18. The van der Waals surface area contributed by atoms with Gasteiger partial charge in [0.05, 0.1) is 11.6 Å². The molecule has 1 fully saturated rings. The Morgan fingerprint density at radius 2 is 1.82 bits per heavy atom. The fourth-order valence-corrected chi connectivity index (χ4v) is 3.86. The molecule has 1 unspecified atom stereocenters. The van der Waals surface area contributed by atoms with Crippen molar-refractivity contribution in [2.45, 2.75) is 38.2 Å². The Balaban J connectivity index is 1.48. The van der Waals surface area contributed by atoms with Crippen LogP contribution in [-0.4, -0.2) is 29.6 Å². The van der Waals surface area contributed by atoms with Crippen molar-refractivity contribution in [1.29, 1.82) is 5.26 Å². The summed E-state index contributed by atoms with van der Waals surface area (Å²) in [6, 6.07) is 12.1. The van der Waals surface area contributed by atoms with Crippen LogP contribution in [0.3, 0.4) is 0 Å². The van der Waals surface area contributed by atoms with E-state index in [4.69, 9.17) is 10.00 Å². The lowest BCUT2D eigenvalue weighted by atomic mass is 9.90. The number of rotatable bonds is 3. The third kappa shape index (κ3) is 3.31. The molecular weight excluding hydrogens is 356 g/mol. The molecule has 2 aromatic carbocycles. The summed E-state index contributed by atoms with van der Waals surface area (Å²) in [5, 5.41) is 19.1. The molecule has 1 N–H and O–H groups in total. The molecule has 1 aliphatic heterocycles. The molecule has 0 radical (unpaired) electrons. The fraction of sp³-hybridized carbons (Fsp3) is 0.318. The van der Waals surface area contributed by atoms with Gasteiger partial charge in [0.1, 0.15) is 11.3 Å². The van der Waals surface area contributed by atoms with Gasteiger partial charge in [0.15, 0.2) is 6.10 Å². The highest BCUT2D eigenvalue weighted by molar-refractivity contribution is 6.01. The number of ether oxygens (including phenoxy) is 1. The molecule has 1 heterocycles. The van der Waals surface area contributed by atoms with Crippen LogP contribution in [0.5, 0.6) is 5.75 Å². The third-order valence-corrected chi connectivity index (χ3v) is 5.39. The van der Waals surface area contributed by atoms with E-state index in [-0.39, 0.29) is 17.2 Å². The SMILES string of the molecule is N#Cc1ccc(N2CCC(OC(=O)c3cc4c(cc3O)CCCC4)C2=O)cc1. The topological polar surface area (TPSA) is 90.6 Å². The molecule has 6 nitrogen and oxygen atoms in total. The zero-order valence-corrected chi connectivity index (χ0v) is 15.4. The minimum Gasteiger partial charge on any atom is -0.507 e. The highest BCUT2D eigenvalue weighted by Gasteiger charge is 2.36. The molecule has 4 rings (SSSR count). The van der Waals surface area contributed by atoms with Crippen LogP contribution >= 0.6 is 0 Å². The van der Waals surface area contributed by atoms with Gasteiger partial charge in [-0.2, -0.15) is 5.26 Å². The standard InChI is InChI=1S/C22H20N2O4/c23-13-14-5-7-17(8-6-14)24-10-9-20(21(24)26)28-22(27)18-11-15-3-1-2-4-16(15)12-19(18)25/h5-8,11-12,20,25H,1-4,9-10H2. The van der Waals surface area contributed by atoms with Crippen LogP contribution in [0, 0.1) is 11.3 Å². The number of esters is 1. The second-order valence-electron chi connectivity index (χ2n) is 7.18. The van der Waals surface area contributed by atoms with Crippen molar-refractivity contribution in [1.82, 2.24) is 0 Å². The van der Waals surface area contributed by atoms with Gasteiger partial charge < -0.3 is 14.7 Å². The number of phenolic OH excluding ortho intramolecular Hbond substituents is 1. The largest absolute Gasteiger partial charge is 0.507 e. The van der Waals surface area contributed by atoms with E-state index in [1.54, 1.807) is 41.3 Å². The predicted octanol–water partition coefficient (Wildman–Crippen LogP) is 3.10. The van der Waals surface area contributed by atoms with E-state index in [1.807, 2.05) is 6.07 Å². The molecule has 2 aliphatic rings. The monoisotopic (exact) mass is 376 g/mol. The van der Waals surface area contributed by atoms with E-state index in [9.17, 15) is 14.7 Å². The molecule has 0 aromatic heterocycles. The van der Waals surface area contributed by atoms with Gasteiger partial charge in [0.2, 0.25) is 0 Å². The minimum absolute atomic E-state index is 0.0972. The van der Waals surface area contributed by atoms with Crippen LogP contribution in [0.1, 0.15) is 46.3 Å². The Kier molecular flexibility index (Phi) is 4.74. The number of amides is 1. The maximum atomic E-state index is 12.7. The first-order valence-electron chi connectivity index (χ1n) is 9.44.